The molecule has 0 saturated carbocycles. The Morgan fingerprint density at radius 2 is 1.75 bits per heavy atom. The molecule has 0 spiro atoms. The van der Waals surface area contributed by atoms with Gasteiger partial charge in [0.2, 0.25) is 0 Å². The standard InChI is InChI=1S/C21H26N2O5/c1-4-5-12-22-17-9-7-6-8-16(17)21(25)28-14-20(24)23-15-10-11-18(26-2)19(13-15)27-3/h6-11,13,22H,4-5,12,14H2,1-3H3,(H,23,24). The Morgan fingerprint density at radius 1 is 1.00 bits per heavy atom. The number of hydrogen-bond donors (Lipinski definition) is 2. The molecule has 0 atom stereocenters. The molecule has 7 nitrogen and oxygen atoms in total. The van der Waals surface area contributed by atoms with Gasteiger partial charge in [-0.3, -0.25) is 4.79 Å². The van der Waals surface area contributed by atoms with Gasteiger partial charge in [0.05, 0.1) is 19.8 Å². The molecule has 7 heteroatoms. The number of amides is 1. The molecule has 2 rings (SSSR count). The largest absolute Gasteiger partial charge is 0.493 e. The number of ether oxygens (including phenoxy) is 3. The molecule has 0 aliphatic rings. The van der Waals surface area contributed by atoms with E-state index in [4.69, 9.17) is 14.2 Å². The Labute approximate surface area is 165 Å². The number of hydrogen-bond acceptors (Lipinski definition) is 6. The minimum Gasteiger partial charge on any atom is -0.493 e. The van der Waals surface area contributed by atoms with Crippen molar-refractivity contribution in [3.05, 3.63) is 48.0 Å². The minimum atomic E-state index is -0.554. The molecule has 28 heavy (non-hydrogen) atoms. The monoisotopic (exact) mass is 386 g/mol. The summed E-state index contributed by atoms with van der Waals surface area (Å²) in [7, 11) is 3.04. The van der Waals surface area contributed by atoms with Crippen LogP contribution in [0.25, 0.3) is 0 Å². The zero-order valence-corrected chi connectivity index (χ0v) is 16.4. The van der Waals surface area contributed by atoms with Crippen LogP contribution in [-0.4, -0.2) is 39.2 Å². The maximum atomic E-state index is 12.4. The lowest BCUT2D eigenvalue weighted by Crippen LogP contribution is -2.21. The summed E-state index contributed by atoms with van der Waals surface area (Å²) < 4.78 is 15.5. The van der Waals surface area contributed by atoms with E-state index >= 15 is 0 Å². The van der Waals surface area contributed by atoms with E-state index in [0.29, 0.717) is 28.4 Å². The van der Waals surface area contributed by atoms with E-state index in [-0.39, 0.29) is 0 Å². The summed E-state index contributed by atoms with van der Waals surface area (Å²) in [5.74, 6) is 0.0440. The molecule has 0 radical (unpaired) electrons. The van der Waals surface area contributed by atoms with Gasteiger partial charge in [0, 0.05) is 24.0 Å². The highest BCUT2D eigenvalue weighted by Crippen LogP contribution is 2.29. The van der Waals surface area contributed by atoms with Crippen molar-refractivity contribution >= 4 is 23.3 Å². The first-order valence-electron chi connectivity index (χ1n) is 9.11. The fourth-order valence-electron chi connectivity index (χ4n) is 2.53. The molecule has 1 amide bonds. The summed E-state index contributed by atoms with van der Waals surface area (Å²) in [4.78, 5) is 24.5. The van der Waals surface area contributed by atoms with Crippen molar-refractivity contribution in [3.8, 4) is 11.5 Å². The van der Waals surface area contributed by atoms with Crippen molar-refractivity contribution < 1.29 is 23.8 Å². The molecule has 0 saturated heterocycles. The van der Waals surface area contributed by atoms with Crippen LogP contribution >= 0.6 is 0 Å². The molecule has 2 aromatic rings. The van der Waals surface area contributed by atoms with Gasteiger partial charge in [0.15, 0.2) is 18.1 Å². The highest BCUT2D eigenvalue weighted by atomic mass is 16.5. The highest BCUT2D eigenvalue weighted by molar-refractivity contribution is 5.98. The Hall–Kier alpha value is -3.22. The summed E-state index contributed by atoms with van der Waals surface area (Å²) in [6.45, 7) is 2.47. The first kappa shape index (κ1) is 21.1. The lowest BCUT2D eigenvalue weighted by molar-refractivity contribution is -0.119. The van der Waals surface area contributed by atoms with Gasteiger partial charge in [0.1, 0.15) is 0 Å². The van der Waals surface area contributed by atoms with Gasteiger partial charge >= 0.3 is 5.97 Å². The van der Waals surface area contributed by atoms with Gasteiger partial charge < -0.3 is 24.8 Å². The minimum absolute atomic E-state index is 0.392. The highest BCUT2D eigenvalue weighted by Gasteiger charge is 2.14. The molecular formula is C21H26N2O5. The van der Waals surface area contributed by atoms with E-state index in [2.05, 4.69) is 17.6 Å². The summed E-state index contributed by atoms with van der Waals surface area (Å²) in [5, 5.41) is 5.88. The second-order valence-corrected chi connectivity index (χ2v) is 6.02. The normalized spacial score (nSPS) is 10.1. The van der Waals surface area contributed by atoms with Crippen molar-refractivity contribution in [1.29, 1.82) is 0 Å². The van der Waals surface area contributed by atoms with Crippen molar-refractivity contribution in [1.82, 2.24) is 0 Å². The van der Waals surface area contributed by atoms with Gasteiger partial charge in [-0.05, 0) is 30.7 Å². The predicted molar refractivity (Wildman–Crippen MR) is 108 cm³/mol. The van der Waals surface area contributed by atoms with E-state index in [1.807, 2.05) is 12.1 Å². The van der Waals surface area contributed by atoms with Crippen molar-refractivity contribution in [2.75, 3.05) is 38.0 Å². The number of rotatable bonds is 10. The van der Waals surface area contributed by atoms with Crippen LogP contribution in [0.3, 0.4) is 0 Å². The number of benzene rings is 2. The molecule has 0 aliphatic carbocycles. The Balaban J connectivity index is 1.93. The number of esters is 1. The van der Waals surface area contributed by atoms with Gasteiger partial charge in [-0.2, -0.15) is 0 Å². The quantitative estimate of drug-likeness (QED) is 0.478. The van der Waals surface area contributed by atoms with Crippen molar-refractivity contribution in [2.45, 2.75) is 19.8 Å². The van der Waals surface area contributed by atoms with Gasteiger partial charge in [-0.1, -0.05) is 25.5 Å². The summed E-state index contributed by atoms with van der Waals surface area (Å²) >= 11 is 0. The number of para-hydroxylation sites is 1. The van der Waals surface area contributed by atoms with Crippen molar-refractivity contribution in [2.24, 2.45) is 0 Å². The molecule has 0 bridgehead atoms. The maximum Gasteiger partial charge on any atom is 0.340 e. The summed E-state index contributed by atoms with van der Waals surface area (Å²) in [6.07, 6.45) is 2.05. The molecule has 0 unspecified atom stereocenters. The zero-order valence-electron chi connectivity index (χ0n) is 16.4. The molecule has 150 valence electrons. The molecule has 0 heterocycles. The molecule has 0 aliphatic heterocycles. The number of carbonyl (C=O) groups is 2. The first-order chi connectivity index (χ1) is 13.6. The number of methoxy groups -OCH3 is 2. The maximum absolute atomic E-state index is 12.4. The van der Waals surface area contributed by atoms with Gasteiger partial charge in [-0.25, -0.2) is 4.79 Å². The molecule has 0 aromatic heterocycles. The van der Waals surface area contributed by atoms with Crippen LogP contribution in [-0.2, 0) is 9.53 Å². The zero-order chi connectivity index (χ0) is 20.4. The lowest BCUT2D eigenvalue weighted by atomic mass is 10.1. The number of nitrogens with one attached hydrogen (secondary N) is 2. The Kier molecular flexibility index (Phi) is 8.14. The van der Waals surface area contributed by atoms with Crippen LogP contribution < -0.4 is 20.1 Å². The van der Waals surface area contributed by atoms with Gasteiger partial charge in [-0.15, -0.1) is 0 Å². The van der Waals surface area contributed by atoms with E-state index in [1.165, 1.54) is 14.2 Å². The van der Waals surface area contributed by atoms with Crippen LogP contribution in [0.2, 0.25) is 0 Å². The average Bonchev–Trinajstić information content (AvgIpc) is 2.72. The fourth-order valence-corrected chi connectivity index (χ4v) is 2.53. The second-order valence-electron chi connectivity index (χ2n) is 6.02. The van der Waals surface area contributed by atoms with Crippen LogP contribution in [0.4, 0.5) is 11.4 Å². The molecular weight excluding hydrogens is 360 g/mol. The third-order valence-electron chi connectivity index (χ3n) is 3.99. The smallest absolute Gasteiger partial charge is 0.340 e. The van der Waals surface area contributed by atoms with Crippen molar-refractivity contribution in [3.63, 3.8) is 0 Å². The summed E-state index contributed by atoms with van der Waals surface area (Å²) in [5.41, 5.74) is 1.61. The SMILES string of the molecule is CCCCNc1ccccc1C(=O)OCC(=O)Nc1ccc(OC)c(OC)c1. The molecule has 2 aromatic carbocycles. The second kappa shape index (κ2) is 10.8. The Bertz CT molecular complexity index is 807. The Morgan fingerprint density at radius 3 is 2.46 bits per heavy atom. The number of carbonyl (C=O) groups excluding carboxylic acids is 2. The van der Waals surface area contributed by atoms with E-state index in [0.717, 1.165) is 19.4 Å². The van der Waals surface area contributed by atoms with E-state index in [9.17, 15) is 9.59 Å². The van der Waals surface area contributed by atoms with Gasteiger partial charge in [0.25, 0.3) is 5.91 Å². The first-order valence-corrected chi connectivity index (χ1v) is 9.11. The number of unbranched alkanes of at least 4 members (excludes halogenated alkanes) is 1. The van der Waals surface area contributed by atoms with Crippen LogP contribution in [0.1, 0.15) is 30.1 Å². The predicted octanol–water partition coefficient (Wildman–Crippen LogP) is 3.71. The third-order valence-corrected chi connectivity index (χ3v) is 3.99. The van der Waals surface area contributed by atoms with Crippen LogP contribution in [0, 0.1) is 0 Å². The van der Waals surface area contributed by atoms with Crippen LogP contribution in [0.15, 0.2) is 42.5 Å². The fraction of sp³-hybridized carbons (Fsp3) is 0.333. The number of anilines is 2. The molecule has 2 N–H and O–H groups in total. The van der Waals surface area contributed by atoms with E-state index < -0.39 is 18.5 Å². The topological polar surface area (TPSA) is 85.9 Å². The lowest BCUT2D eigenvalue weighted by Gasteiger charge is -2.12. The average molecular weight is 386 g/mol. The van der Waals surface area contributed by atoms with E-state index in [1.54, 1.807) is 30.3 Å². The molecule has 0 fully saturated rings. The summed E-state index contributed by atoms with van der Waals surface area (Å²) in [6, 6.07) is 12.1. The third kappa shape index (κ3) is 5.90. The van der Waals surface area contributed by atoms with Crippen LogP contribution in [0.5, 0.6) is 11.5 Å².